The maximum absolute atomic E-state index is 12.2. The number of carbonyl (C=O) groups excluding carboxylic acids is 1. The van der Waals surface area contributed by atoms with Gasteiger partial charge in [-0.05, 0) is 18.4 Å². The molecule has 0 saturated carbocycles. The highest BCUT2D eigenvalue weighted by Crippen LogP contribution is 2.27. The van der Waals surface area contributed by atoms with Gasteiger partial charge < -0.3 is 19.9 Å². The molecule has 11 heteroatoms. The SMILES string of the molecule is CSc1nc(N2CCOCC2)c2cnn(CCNC(=O)c3ccc[nH]c3=O)c2n1. The number of hydrogen-bond donors (Lipinski definition) is 2. The van der Waals surface area contributed by atoms with Crippen molar-refractivity contribution in [3.05, 3.63) is 40.4 Å². The Kier molecular flexibility index (Phi) is 5.76. The van der Waals surface area contributed by atoms with E-state index < -0.39 is 11.5 Å². The van der Waals surface area contributed by atoms with Gasteiger partial charge in [-0.2, -0.15) is 5.10 Å². The van der Waals surface area contributed by atoms with E-state index in [2.05, 4.69) is 30.3 Å². The highest BCUT2D eigenvalue weighted by molar-refractivity contribution is 7.98. The molecule has 0 aromatic carbocycles. The summed E-state index contributed by atoms with van der Waals surface area (Å²) >= 11 is 1.47. The van der Waals surface area contributed by atoms with Crippen LogP contribution in [0.1, 0.15) is 10.4 Å². The van der Waals surface area contributed by atoms with E-state index in [-0.39, 0.29) is 5.56 Å². The number of nitrogens with one attached hydrogen (secondary N) is 2. The summed E-state index contributed by atoms with van der Waals surface area (Å²) in [7, 11) is 0. The molecular formula is C18H21N7O3S. The molecule has 0 radical (unpaired) electrons. The van der Waals surface area contributed by atoms with Crippen LogP contribution in [-0.2, 0) is 11.3 Å². The number of hydrogen-bond acceptors (Lipinski definition) is 8. The summed E-state index contributed by atoms with van der Waals surface area (Å²) in [6.45, 7) is 3.61. The van der Waals surface area contributed by atoms with Gasteiger partial charge in [0.25, 0.3) is 11.5 Å². The Labute approximate surface area is 170 Å². The molecule has 152 valence electrons. The van der Waals surface area contributed by atoms with E-state index in [1.54, 1.807) is 16.9 Å². The molecular weight excluding hydrogens is 394 g/mol. The fourth-order valence-electron chi connectivity index (χ4n) is 3.16. The molecule has 2 N–H and O–H groups in total. The molecule has 4 heterocycles. The van der Waals surface area contributed by atoms with E-state index in [9.17, 15) is 9.59 Å². The third-order valence-corrected chi connectivity index (χ3v) is 5.17. The van der Waals surface area contributed by atoms with Crippen molar-refractivity contribution in [3.8, 4) is 0 Å². The molecule has 10 nitrogen and oxygen atoms in total. The number of morpholine rings is 1. The van der Waals surface area contributed by atoms with Crippen molar-refractivity contribution >= 4 is 34.5 Å². The minimum atomic E-state index is -0.420. The molecule has 1 fully saturated rings. The van der Waals surface area contributed by atoms with Crippen molar-refractivity contribution in [2.75, 3.05) is 44.0 Å². The Balaban J connectivity index is 1.53. The number of H-pyrrole nitrogens is 1. The number of thioether (sulfide) groups is 1. The highest BCUT2D eigenvalue weighted by Gasteiger charge is 2.20. The topological polar surface area (TPSA) is 118 Å². The largest absolute Gasteiger partial charge is 0.378 e. The Hall–Kier alpha value is -2.92. The van der Waals surface area contributed by atoms with E-state index in [1.807, 2.05) is 6.26 Å². The Bertz CT molecular complexity index is 1070. The third kappa shape index (κ3) is 4.10. The van der Waals surface area contributed by atoms with Gasteiger partial charge in [-0.3, -0.25) is 9.59 Å². The lowest BCUT2D eigenvalue weighted by Gasteiger charge is -2.28. The van der Waals surface area contributed by atoms with Gasteiger partial charge in [0, 0.05) is 25.8 Å². The van der Waals surface area contributed by atoms with Gasteiger partial charge in [-0.1, -0.05) is 11.8 Å². The molecule has 1 aliphatic heterocycles. The number of anilines is 1. The minimum absolute atomic E-state index is 0.0828. The molecule has 0 atom stereocenters. The Morgan fingerprint density at radius 3 is 2.93 bits per heavy atom. The lowest BCUT2D eigenvalue weighted by atomic mass is 10.2. The van der Waals surface area contributed by atoms with E-state index in [4.69, 9.17) is 4.74 Å². The number of amides is 1. The van der Waals surface area contributed by atoms with Crippen molar-refractivity contribution in [1.29, 1.82) is 0 Å². The number of rotatable bonds is 6. The predicted octanol–water partition coefficient (Wildman–Crippen LogP) is 0.503. The minimum Gasteiger partial charge on any atom is -0.378 e. The second-order valence-electron chi connectivity index (χ2n) is 6.41. The number of ether oxygens (including phenoxy) is 1. The molecule has 29 heavy (non-hydrogen) atoms. The van der Waals surface area contributed by atoms with Gasteiger partial charge >= 0.3 is 0 Å². The van der Waals surface area contributed by atoms with Gasteiger partial charge in [0.05, 0.1) is 31.3 Å². The smallest absolute Gasteiger partial charge is 0.260 e. The summed E-state index contributed by atoms with van der Waals surface area (Å²) in [6, 6.07) is 3.11. The summed E-state index contributed by atoms with van der Waals surface area (Å²) in [5.41, 5.74) is 0.388. The van der Waals surface area contributed by atoms with Gasteiger partial charge in [0.15, 0.2) is 10.8 Å². The normalized spacial score (nSPS) is 14.3. The molecule has 0 bridgehead atoms. The van der Waals surface area contributed by atoms with Gasteiger partial charge in [-0.15, -0.1) is 0 Å². The quantitative estimate of drug-likeness (QED) is 0.442. The predicted molar refractivity (Wildman–Crippen MR) is 110 cm³/mol. The van der Waals surface area contributed by atoms with Crippen LogP contribution < -0.4 is 15.8 Å². The zero-order valence-electron chi connectivity index (χ0n) is 15.9. The molecule has 0 unspecified atom stereocenters. The standard InChI is InChI=1S/C18H21N7O3S/c1-29-18-22-14(24-7-9-28-10-8-24)13-11-21-25(15(13)23-18)6-5-20-17(27)12-3-2-4-19-16(12)26/h2-4,11H,5-10H2,1H3,(H,19,26)(H,20,27). The van der Waals surface area contributed by atoms with E-state index in [1.165, 1.54) is 24.0 Å². The van der Waals surface area contributed by atoms with E-state index in [0.29, 0.717) is 31.5 Å². The third-order valence-electron chi connectivity index (χ3n) is 4.62. The average molecular weight is 415 g/mol. The second kappa shape index (κ2) is 8.62. The number of aromatic amines is 1. The van der Waals surface area contributed by atoms with Crippen molar-refractivity contribution in [2.45, 2.75) is 11.7 Å². The maximum Gasteiger partial charge on any atom is 0.260 e. The average Bonchev–Trinajstić information content (AvgIpc) is 3.16. The van der Waals surface area contributed by atoms with Crippen LogP contribution in [0.4, 0.5) is 5.82 Å². The second-order valence-corrected chi connectivity index (χ2v) is 7.18. The van der Waals surface area contributed by atoms with Crippen molar-refractivity contribution in [1.82, 2.24) is 30.0 Å². The molecule has 0 spiro atoms. The van der Waals surface area contributed by atoms with Gasteiger partial charge in [0.1, 0.15) is 11.4 Å². The first kappa shape index (κ1) is 19.4. The first-order chi connectivity index (χ1) is 14.2. The number of nitrogens with zero attached hydrogens (tertiary/aromatic N) is 5. The first-order valence-electron chi connectivity index (χ1n) is 9.23. The van der Waals surface area contributed by atoms with Crippen LogP contribution in [0.3, 0.4) is 0 Å². The summed E-state index contributed by atoms with van der Waals surface area (Å²) in [5.74, 6) is 0.436. The Morgan fingerprint density at radius 2 is 2.17 bits per heavy atom. The molecule has 4 rings (SSSR count). The van der Waals surface area contributed by atoms with Crippen LogP contribution in [0.15, 0.2) is 34.5 Å². The van der Waals surface area contributed by atoms with Crippen LogP contribution in [-0.4, -0.2) is 69.7 Å². The van der Waals surface area contributed by atoms with Crippen molar-refractivity contribution in [2.24, 2.45) is 0 Å². The molecule has 1 aliphatic rings. The lowest BCUT2D eigenvalue weighted by molar-refractivity contribution is 0.0950. The van der Waals surface area contributed by atoms with E-state index >= 15 is 0 Å². The van der Waals surface area contributed by atoms with Crippen LogP contribution >= 0.6 is 11.8 Å². The number of pyridine rings is 1. The van der Waals surface area contributed by atoms with Crippen LogP contribution in [0.25, 0.3) is 11.0 Å². The number of aromatic nitrogens is 5. The van der Waals surface area contributed by atoms with Gasteiger partial charge in [-0.25, -0.2) is 14.6 Å². The monoisotopic (exact) mass is 415 g/mol. The highest BCUT2D eigenvalue weighted by atomic mass is 32.2. The summed E-state index contributed by atoms with van der Waals surface area (Å²) in [5, 5.41) is 8.73. The summed E-state index contributed by atoms with van der Waals surface area (Å²) in [6.07, 6.45) is 5.18. The number of fused-ring (bicyclic) bond motifs is 1. The fraction of sp³-hybridized carbons (Fsp3) is 0.389. The van der Waals surface area contributed by atoms with Gasteiger partial charge in [0.2, 0.25) is 0 Å². The molecule has 3 aromatic heterocycles. The number of carbonyl (C=O) groups is 1. The van der Waals surface area contributed by atoms with Crippen molar-refractivity contribution < 1.29 is 9.53 Å². The van der Waals surface area contributed by atoms with Crippen molar-refractivity contribution in [3.63, 3.8) is 0 Å². The zero-order valence-corrected chi connectivity index (χ0v) is 16.7. The van der Waals surface area contributed by atoms with Crippen LogP contribution in [0.5, 0.6) is 0 Å². The molecule has 3 aromatic rings. The molecule has 1 amide bonds. The molecule has 1 saturated heterocycles. The first-order valence-corrected chi connectivity index (χ1v) is 10.5. The maximum atomic E-state index is 12.2. The Morgan fingerprint density at radius 1 is 1.34 bits per heavy atom. The van der Waals surface area contributed by atoms with Crippen LogP contribution in [0.2, 0.25) is 0 Å². The van der Waals surface area contributed by atoms with Crippen LogP contribution in [0, 0.1) is 0 Å². The summed E-state index contributed by atoms with van der Waals surface area (Å²) in [4.78, 5) is 37.9. The van der Waals surface area contributed by atoms with E-state index in [0.717, 1.165) is 29.9 Å². The summed E-state index contributed by atoms with van der Waals surface area (Å²) < 4.78 is 7.19. The zero-order chi connectivity index (χ0) is 20.2. The lowest BCUT2D eigenvalue weighted by Crippen LogP contribution is -2.37. The fourth-order valence-corrected chi connectivity index (χ4v) is 3.52. The molecule has 0 aliphatic carbocycles.